The lowest BCUT2D eigenvalue weighted by molar-refractivity contribution is 0.0983. The number of carbonyl (C=O) groups is 1. The molecule has 0 atom stereocenters. The van der Waals surface area contributed by atoms with E-state index in [0.717, 1.165) is 53.1 Å². The van der Waals surface area contributed by atoms with Gasteiger partial charge in [0.1, 0.15) is 0 Å². The summed E-state index contributed by atoms with van der Waals surface area (Å²) >= 11 is 0. The molecule has 0 aromatic heterocycles. The molecule has 0 radical (unpaired) electrons. The summed E-state index contributed by atoms with van der Waals surface area (Å²) < 4.78 is 0. The van der Waals surface area contributed by atoms with Crippen LogP contribution in [0.15, 0.2) is 71.7 Å². The number of aryl methyl sites for hydroxylation is 1. The topological polar surface area (TPSA) is 53.5 Å². The molecule has 0 bridgehead atoms. The molecule has 26 heavy (non-hydrogen) atoms. The van der Waals surface area contributed by atoms with Crippen molar-refractivity contribution in [2.24, 2.45) is 4.99 Å². The number of ketones is 1. The number of hydrogen-bond acceptors (Lipinski definition) is 4. The van der Waals surface area contributed by atoms with Crippen LogP contribution in [0.3, 0.4) is 0 Å². The van der Waals surface area contributed by atoms with E-state index >= 15 is 0 Å². The number of anilines is 1. The van der Waals surface area contributed by atoms with Crippen LogP contribution in [0.25, 0.3) is 10.8 Å². The second-order valence-electron chi connectivity index (χ2n) is 6.46. The highest BCUT2D eigenvalue weighted by molar-refractivity contribution is 6.00. The zero-order valence-electron chi connectivity index (χ0n) is 14.5. The molecule has 0 spiro atoms. The Hall–Kier alpha value is -3.14. The number of carbonyl (C=O) groups excluding carboxylic acids is 1. The van der Waals surface area contributed by atoms with Gasteiger partial charge in [-0.1, -0.05) is 48.5 Å². The number of Topliss-reactive ketones (excluding diaryl/α,β-unsaturated/α-hetero) is 1. The third-order valence-electron chi connectivity index (χ3n) is 4.60. The fraction of sp³-hybridized carbons (Fsp3) is 0.182. The van der Waals surface area contributed by atoms with Gasteiger partial charge >= 0.3 is 0 Å². The summed E-state index contributed by atoms with van der Waals surface area (Å²) in [6, 6.07) is 22.2. The summed E-state index contributed by atoms with van der Waals surface area (Å²) in [6.07, 6.45) is 1.25. The molecular weight excluding hydrogens is 322 g/mol. The van der Waals surface area contributed by atoms with E-state index in [2.05, 4.69) is 33.8 Å². The lowest BCUT2D eigenvalue weighted by Gasteiger charge is -2.08. The number of nitrogens with zero attached hydrogens (tertiary/aromatic N) is 1. The van der Waals surface area contributed by atoms with E-state index in [-0.39, 0.29) is 5.78 Å². The standard InChI is InChI=1S/C22H21N3O/c26-21(19-9-8-17-3-1-2-4-18(17)15-19)12-7-16-5-10-20(11-6-16)25-22-23-13-14-24-22/h1-6,8-11,15H,7,12-14H2,(H2,23,24,25). The number of guanidine groups is 1. The molecule has 0 saturated carbocycles. The molecule has 1 heterocycles. The van der Waals surface area contributed by atoms with Crippen LogP contribution in [0.1, 0.15) is 22.3 Å². The van der Waals surface area contributed by atoms with Crippen molar-refractivity contribution in [3.63, 3.8) is 0 Å². The van der Waals surface area contributed by atoms with Gasteiger partial charge in [0, 0.05) is 24.2 Å². The van der Waals surface area contributed by atoms with Crippen LogP contribution in [-0.2, 0) is 6.42 Å². The van der Waals surface area contributed by atoms with Gasteiger partial charge in [0.15, 0.2) is 11.7 Å². The Bertz CT molecular complexity index is 961. The van der Waals surface area contributed by atoms with Gasteiger partial charge in [-0.3, -0.25) is 9.79 Å². The van der Waals surface area contributed by atoms with Gasteiger partial charge in [-0.25, -0.2) is 0 Å². The highest BCUT2D eigenvalue weighted by atomic mass is 16.1. The molecule has 0 amide bonds. The Balaban J connectivity index is 1.37. The van der Waals surface area contributed by atoms with E-state index in [1.807, 2.05) is 48.5 Å². The van der Waals surface area contributed by atoms with Gasteiger partial charge in [-0.2, -0.15) is 0 Å². The van der Waals surface area contributed by atoms with Crippen molar-refractivity contribution in [2.45, 2.75) is 12.8 Å². The summed E-state index contributed by atoms with van der Waals surface area (Å²) in [5, 5.41) is 8.70. The van der Waals surface area contributed by atoms with E-state index in [4.69, 9.17) is 0 Å². The minimum Gasteiger partial charge on any atom is -0.354 e. The first-order chi connectivity index (χ1) is 12.8. The number of benzene rings is 3. The number of rotatable bonds is 5. The van der Waals surface area contributed by atoms with E-state index in [1.54, 1.807) is 0 Å². The monoisotopic (exact) mass is 343 g/mol. The maximum Gasteiger partial charge on any atom is 0.195 e. The summed E-state index contributed by atoms with van der Waals surface area (Å²) in [5.74, 6) is 1.01. The Labute approximate surface area is 153 Å². The molecule has 3 aromatic rings. The van der Waals surface area contributed by atoms with Crippen LogP contribution in [0.4, 0.5) is 5.69 Å². The predicted octanol–water partition coefficient (Wildman–Crippen LogP) is 4.03. The van der Waals surface area contributed by atoms with Crippen molar-refractivity contribution in [3.8, 4) is 0 Å². The molecule has 2 N–H and O–H groups in total. The van der Waals surface area contributed by atoms with Gasteiger partial charge < -0.3 is 10.6 Å². The predicted molar refractivity (Wildman–Crippen MR) is 107 cm³/mol. The molecule has 0 aliphatic carbocycles. The second kappa shape index (κ2) is 7.40. The molecule has 4 heteroatoms. The van der Waals surface area contributed by atoms with Crippen molar-refractivity contribution in [2.75, 3.05) is 18.4 Å². The number of hydrogen-bond donors (Lipinski definition) is 2. The minimum absolute atomic E-state index is 0.183. The fourth-order valence-corrected chi connectivity index (χ4v) is 3.14. The molecule has 130 valence electrons. The van der Waals surface area contributed by atoms with Crippen LogP contribution in [0.2, 0.25) is 0 Å². The Kier molecular flexibility index (Phi) is 4.65. The molecule has 4 nitrogen and oxygen atoms in total. The van der Waals surface area contributed by atoms with Crippen molar-refractivity contribution < 1.29 is 4.79 Å². The first-order valence-corrected chi connectivity index (χ1v) is 8.94. The third-order valence-corrected chi connectivity index (χ3v) is 4.60. The summed E-state index contributed by atoms with van der Waals surface area (Å²) in [5.41, 5.74) is 2.95. The Morgan fingerprint density at radius 3 is 2.58 bits per heavy atom. The van der Waals surface area contributed by atoms with Gasteiger partial charge in [-0.15, -0.1) is 0 Å². The first kappa shape index (κ1) is 16.3. The Morgan fingerprint density at radius 1 is 1.00 bits per heavy atom. The van der Waals surface area contributed by atoms with Crippen LogP contribution in [0.5, 0.6) is 0 Å². The number of aliphatic imine (C=N–C) groups is 1. The third kappa shape index (κ3) is 3.75. The van der Waals surface area contributed by atoms with Gasteiger partial charge in [0.25, 0.3) is 0 Å². The van der Waals surface area contributed by atoms with E-state index in [9.17, 15) is 4.79 Å². The Morgan fingerprint density at radius 2 is 1.81 bits per heavy atom. The highest BCUT2D eigenvalue weighted by Gasteiger charge is 2.08. The maximum atomic E-state index is 12.5. The molecule has 1 aliphatic heterocycles. The average molecular weight is 343 g/mol. The average Bonchev–Trinajstić information content (AvgIpc) is 3.20. The zero-order chi connectivity index (χ0) is 17.8. The molecule has 4 rings (SSSR count). The summed E-state index contributed by atoms with van der Waals surface area (Å²) in [6.45, 7) is 1.70. The smallest absolute Gasteiger partial charge is 0.195 e. The summed E-state index contributed by atoms with van der Waals surface area (Å²) in [7, 11) is 0. The van der Waals surface area contributed by atoms with Crippen LogP contribution in [0, 0.1) is 0 Å². The normalized spacial score (nSPS) is 13.3. The van der Waals surface area contributed by atoms with Crippen LogP contribution in [-0.4, -0.2) is 24.8 Å². The minimum atomic E-state index is 0.183. The van der Waals surface area contributed by atoms with Crippen molar-refractivity contribution in [3.05, 3.63) is 77.9 Å². The van der Waals surface area contributed by atoms with E-state index < -0.39 is 0 Å². The maximum absolute atomic E-state index is 12.5. The SMILES string of the molecule is O=C(CCc1ccc(NC2=NCCN2)cc1)c1ccc2ccccc2c1. The van der Waals surface area contributed by atoms with Crippen molar-refractivity contribution >= 4 is 28.2 Å². The number of fused-ring (bicyclic) bond motifs is 1. The molecule has 1 aliphatic rings. The van der Waals surface area contributed by atoms with Gasteiger partial charge in [-0.05, 0) is 41.0 Å². The largest absolute Gasteiger partial charge is 0.354 e. The lowest BCUT2D eigenvalue weighted by atomic mass is 10.00. The van der Waals surface area contributed by atoms with E-state index in [1.165, 1.54) is 0 Å². The molecule has 0 fully saturated rings. The molecule has 0 saturated heterocycles. The van der Waals surface area contributed by atoms with Crippen molar-refractivity contribution in [1.29, 1.82) is 0 Å². The van der Waals surface area contributed by atoms with Gasteiger partial charge in [0.2, 0.25) is 0 Å². The highest BCUT2D eigenvalue weighted by Crippen LogP contribution is 2.18. The van der Waals surface area contributed by atoms with Crippen molar-refractivity contribution in [1.82, 2.24) is 5.32 Å². The fourth-order valence-electron chi connectivity index (χ4n) is 3.14. The molecular formula is C22H21N3O. The quantitative estimate of drug-likeness (QED) is 0.688. The summed E-state index contributed by atoms with van der Waals surface area (Å²) in [4.78, 5) is 16.8. The number of nitrogens with one attached hydrogen (secondary N) is 2. The van der Waals surface area contributed by atoms with E-state index in [0.29, 0.717) is 6.42 Å². The van der Waals surface area contributed by atoms with Crippen LogP contribution < -0.4 is 10.6 Å². The molecule has 0 unspecified atom stereocenters. The van der Waals surface area contributed by atoms with Crippen LogP contribution >= 0.6 is 0 Å². The first-order valence-electron chi connectivity index (χ1n) is 8.94. The second-order valence-corrected chi connectivity index (χ2v) is 6.46. The molecule has 3 aromatic carbocycles. The lowest BCUT2D eigenvalue weighted by Crippen LogP contribution is -2.26. The van der Waals surface area contributed by atoms with Gasteiger partial charge in [0.05, 0.1) is 6.54 Å². The zero-order valence-corrected chi connectivity index (χ0v) is 14.5.